The van der Waals surface area contributed by atoms with Crippen LogP contribution in [0.2, 0.25) is 5.02 Å². The van der Waals surface area contributed by atoms with E-state index in [9.17, 15) is 14.4 Å². The number of esters is 1. The molecule has 3 amide bonds. The molecule has 0 saturated heterocycles. The van der Waals surface area contributed by atoms with Gasteiger partial charge in [0.25, 0.3) is 5.91 Å². The molecule has 0 saturated carbocycles. The number of amides is 3. The molecule has 2 aromatic carbocycles. The van der Waals surface area contributed by atoms with Crippen molar-refractivity contribution in [2.24, 2.45) is 0 Å². The van der Waals surface area contributed by atoms with E-state index < -0.39 is 24.5 Å². The lowest BCUT2D eigenvalue weighted by Crippen LogP contribution is -2.41. The Balaban J connectivity index is 1.47. The van der Waals surface area contributed by atoms with Crippen LogP contribution in [0.5, 0.6) is 5.75 Å². The van der Waals surface area contributed by atoms with Crippen molar-refractivity contribution >= 4 is 29.5 Å². The molecule has 0 fully saturated rings. The zero-order valence-corrected chi connectivity index (χ0v) is 17.1. The van der Waals surface area contributed by atoms with Crippen LogP contribution in [-0.2, 0) is 22.7 Å². The van der Waals surface area contributed by atoms with Crippen molar-refractivity contribution < 1.29 is 28.3 Å². The molecule has 0 atom stereocenters. The molecular formula is C22H19ClN2O6. The molecule has 3 rings (SSSR count). The number of hydrogen-bond donors (Lipinski definition) is 2. The summed E-state index contributed by atoms with van der Waals surface area (Å²) in [4.78, 5) is 35.9. The van der Waals surface area contributed by atoms with Gasteiger partial charge in [0.05, 0.1) is 12.8 Å². The summed E-state index contributed by atoms with van der Waals surface area (Å²) >= 11 is 5.86. The van der Waals surface area contributed by atoms with Gasteiger partial charge in [-0.15, -0.1) is 0 Å². The molecule has 3 aromatic rings. The average Bonchev–Trinajstić information content (AvgIpc) is 3.30. The van der Waals surface area contributed by atoms with E-state index in [2.05, 4.69) is 10.6 Å². The minimum absolute atomic E-state index is 0.115. The number of furan rings is 1. The standard InChI is InChI=1S/C22H19ClN2O6/c23-16-9-7-15(8-10-16)13-30-19-6-2-1-5-18(19)21(27)31-14-20(26)25-22(28)24-12-17-4-3-11-29-17/h1-11H,12-14H2,(H2,24,25,26,28). The molecule has 0 aliphatic carbocycles. The zero-order chi connectivity index (χ0) is 22.1. The highest BCUT2D eigenvalue weighted by Crippen LogP contribution is 2.21. The van der Waals surface area contributed by atoms with Gasteiger partial charge in [0.1, 0.15) is 23.7 Å². The summed E-state index contributed by atoms with van der Waals surface area (Å²) in [7, 11) is 0. The van der Waals surface area contributed by atoms with E-state index in [1.807, 2.05) is 12.1 Å². The fraction of sp³-hybridized carbons (Fsp3) is 0.136. The summed E-state index contributed by atoms with van der Waals surface area (Å²) in [6, 6.07) is 16.2. The van der Waals surface area contributed by atoms with Crippen molar-refractivity contribution in [2.45, 2.75) is 13.2 Å². The molecule has 1 heterocycles. The Labute approximate surface area is 183 Å². The molecule has 0 bridgehead atoms. The summed E-state index contributed by atoms with van der Waals surface area (Å²) in [5.41, 5.74) is 1.03. The minimum atomic E-state index is -0.773. The summed E-state index contributed by atoms with van der Waals surface area (Å²) in [5, 5.41) is 5.12. The van der Waals surface area contributed by atoms with E-state index in [1.54, 1.807) is 42.5 Å². The summed E-state index contributed by atoms with van der Waals surface area (Å²) < 4.78 is 15.8. The van der Waals surface area contributed by atoms with Gasteiger partial charge in [0.2, 0.25) is 0 Å². The molecule has 9 heteroatoms. The van der Waals surface area contributed by atoms with Crippen molar-refractivity contribution in [3.63, 3.8) is 0 Å². The Morgan fingerprint density at radius 2 is 1.74 bits per heavy atom. The first-order valence-electron chi connectivity index (χ1n) is 9.25. The van der Waals surface area contributed by atoms with Gasteiger partial charge in [-0.05, 0) is 42.0 Å². The van der Waals surface area contributed by atoms with E-state index in [-0.39, 0.29) is 18.7 Å². The average molecular weight is 443 g/mol. The van der Waals surface area contributed by atoms with E-state index >= 15 is 0 Å². The maximum absolute atomic E-state index is 12.4. The van der Waals surface area contributed by atoms with Gasteiger partial charge < -0.3 is 19.2 Å². The van der Waals surface area contributed by atoms with Gasteiger partial charge in [-0.1, -0.05) is 35.9 Å². The largest absolute Gasteiger partial charge is 0.488 e. The number of ether oxygens (including phenoxy) is 2. The lowest BCUT2D eigenvalue weighted by atomic mass is 10.2. The van der Waals surface area contributed by atoms with Crippen LogP contribution in [-0.4, -0.2) is 24.5 Å². The van der Waals surface area contributed by atoms with Crippen LogP contribution >= 0.6 is 11.6 Å². The van der Waals surface area contributed by atoms with Gasteiger partial charge in [-0.3, -0.25) is 10.1 Å². The molecule has 0 aliphatic heterocycles. The number of benzene rings is 2. The second-order valence-corrected chi connectivity index (χ2v) is 6.73. The third-order valence-corrected chi connectivity index (χ3v) is 4.26. The monoisotopic (exact) mass is 442 g/mol. The second-order valence-electron chi connectivity index (χ2n) is 6.30. The first-order valence-corrected chi connectivity index (χ1v) is 9.62. The number of urea groups is 1. The smallest absolute Gasteiger partial charge is 0.342 e. The number of halogens is 1. The normalized spacial score (nSPS) is 10.2. The third kappa shape index (κ3) is 6.90. The summed E-state index contributed by atoms with van der Waals surface area (Å²) in [5.74, 6) is -0.689. The highest BCUT2D eigenvalue weighted by molar-refractivity contribution is 6.30. The van der Waals surface area contributed by atoms with Gasteiger partial charge in [0, 0.05) is 5.02 Å². The number of rotatable bonds is 8. The molecule has 0 spiro atoms. The number of carbonyl (C=O) groups excluding carboxylic acids is 3. The molecule has 1 aromatic heterocycles. The molecule has 160 valence electrons. The van der Waals surface area contributed by atoms with Crippen LogP contribution in [0.3, 0.4) is 0 Å². The third-order valence-electron chi connectivity index (χ3n) is 4.01. The topological polar surface area (TPSA) is 107 Å². The molecule has 0 radical (unpaired) electrons. The van der Waals surface area contributed by atoms with Crippen LogP contribution < -0.4 is 15.4 Å². The Morgan fingerprint density at radius 1 is 0.968 bits per heavy atom. The van der Waals surface area contributed by atoms with Gasteiger partial charge in [-0.25, -0.2) is 9.59 Å². The number of nitrogens with one attached hydrogen (secondary N) is 2. The van der Waals surface area contributed by atoms with Crippen molar-refractivity contribution in [2.75, 3.05) is 6.61 Å². The Morgan fingerprint density at radius 3 is 2.48 bits per heavy atom. The molecule has 0 unspecified atom stereocenters. The second kappa shape index (κ2) is 10.8. The first kappa shape index (κ1) is 21.9. The fourth-order valence-corrected chi connectivity index (χ4v) is 2.63. The minimum Gasteiger partial charge on any atom is -0.488 e. The predicted molar refractivity (Wildman–Crippen MR) is 112 cm³/mol. The molecular weight excluding hydrogens is 424 g/mol. The SMILES string of the molecule is O=C(COC(=O)c1ccccc1OCc1ccc(Cl)cc1)NC(=O)NCc1ccco1. The van der Waals surface area contributed by atoms with Crippen LogP contribution in [0, 0.1) is 0 Å². The maximum atomic E-state index is 12.4. The molecule has 2 N–H and O–H groups in total. The fourth-order valence-electron chi connectivity index (χ4n) is 2.50. The van der Waals surface area contributed by atoms with Crippen LogP contribution in [0.1, 0.15) is 21.7 Å². The lowest BCUT2D eigenvalue weighted by Gasteiger charge is -2.11. The quantitative estimate of drug-likeness (QED) is 0.515. The van der Waals surface area contributed by atoms with Gasteiger partial charge >= 0.3 is 12.0 Å². The highest BCUT2D eigenvalue weighted by Gasteiger charge is 2.16. The number of para-hydroxylation sites is 1. The van der Waals surface area contributed by atoms with E-state index in [0.29, 0.717) is 16.5 Å². The molecule has 31 heavy (non-hydrogen) atoms. The first-order chi connectivity index (χ1) is 15.0. The maximum Gasteiger partial charge on any atom is 0.342 e. The van der Waals surface area contributed by atoms with Crippen LogP contribution in [0.4, 0.5) is 4.79 Å². The Bertz CT molecular complexity index is 1030. The van der Waals surface area contributed by atoms with Crippen molar-refractivity contribution in [3.05, 3.63) is 88.8 Å². The number of carbonyl (C=O) groups is 3. The Hall–Kier alpha value is -3.78. The molecule has 0 aliphatic rings. The lowest BCUT2D eigenvalue weighted by molar-refractivity contribution is -0.123. The summed E-state index contributed by atoms with van der Waals surface area (Å²) in [6.45, 7) is -0.291. The highest BCUT2D eigenvalue weighted by atomic mass is 35.5. The predicted octanol–water partition coefficient (Wildman–Crippen LogP) is 3.69. The number of hydrogen-bond acceptors (Lipinski definition) is 6. The zero-order valence-electron chi connectivity index (χ0n) is 16.3. The van der Waals surface area contributed by atoms with E-state index in [4.69, 9.17) is 25.5 Å². The van der Waals surface area contributed by atoms with Crippen molar-refractivity contribution in [3.8, 4) is 5.75 Å². The van der Waals surface area contributed by atoms with E-state index in [1.165, 1.54) is 12.3 Å². The van der Waals surface area contributed by atoms with Crippen molar-refractivity contribution in [1.29, 1.82) is 0 Å². The summed E-state index contributed by atoms with van der Waals surface area (Å²) in [6.07, 6.45) is 1.47. The molecule has 8 nitrogen and oxygen atoms in total. The van der Waals surface area contributed by atoms with Crippen LogP contribution in [0.15, 0.2) is 71.3 Å². The van der Waals surface area contributed by atoms with E-state index in [0.717, 1.165) is 5.56 Å². The van der Waals surface area contributed by atoms with Gasteiger partial charge in [0.15, 0.2) is 6.61 Å². The van der Waals surface area contributed by atoms with Crippen molar-refractivity contribution in [1.82, 2.24) is 10.6 Å². The number of imide groups is 1. The Kier molecular flexibility index (Phi) is 7.67. The van der Waals surface area contributed by atoms with Crippen LogP contribution in [0.25, 0.3) is 0 Å². The van der Waals surface area contributed by atoms with Gasteiger partial charge in [-0.2, -0.15) is 0 Å².